The van der Waals surface area contributed by atoms with Crippen LogP contribution in [0.2, 0.25) is 0 Å². The Morgan fingerprint density at radius 1 is 0.531 bits per heavy atom. The molecule has 1 rings (SSSR count). The molecule has 0 N–H and O–H groups in total. The molecule has 0 spiro atoms. The highest BCUT2D eigenvalue weighted by Gasteiger charge is 2.40. The van der Waals surface area contributed by atoms with Gasteiger partial charge in [-0.25, -0.2) is 0 Å². The largest absolute Gasteiger partial charge is 0.347 e. The summed E-state index contributed by atoms with van der Waals surface area (Å²) in [6, 6.07) is 0. The molecule has 2 unspecified atom stereocenters. The molecule has 1 saturated heterocycles. The molecule has 0 saturated carbocycles. The van der Waals surface area contributed by atoms with Crippen molar-refractivity contribution in [2.24, 2.45) is 0 Å². The Bertz CT molecular complexity index is 819. The van der Waals surface area contributed by atoms with Crippen molar-refractivity contribution < 1.29 is 9.47 Å². The topological polar surface area (TPSA) is 24.9 Å². The standard InChI is InChI=1S/C45H84N2O2/c1-6-8-10-12-14-16-18-20-22-24-26-28-30-32-34-36-39-45(48-43-44(49-45)37-40-47(5)42-41-46(3)4)38-35-33-31-29-27-25-23-21-19-17-15-13-11-9-7-2/h14-17,19-22,44H,6-13,18,23-43H2,1-5H3/b16-14-,17-15+,21-19-,22-20-. The monoisotopic (exact) mass is 685 g/mol. The smallest absolute Gasteiger partial charge is 0.168 e. The Morgan fingerprint density at radius 2 is 1.00 bits per heavy atom. The quantitative estimate of drug-likeness (QED) is 0.0377. The minimum atomic E-state index is -0.336. The molecule has 1 aliphatic heterocycles. The van der Waals surface area contributed by atoms with Gasteiger partial charge < -0.3 is 19.3 Å². The highest BCUT2D eigenvalue weighted by Crippen LogP contribution is 2.35. The predicted octanol–water partition coefficient (Wildman–Crippen LogP) is 13.0. The van der Waals surface area contributed by atoms with Crippen LogP contribution < -0.4 is 0 Å². The Kier molecular flexibility index (Phi) is 31.7. The summed E-state index contributed by atoms with van der Waals surface area (Å²) in [5, 5.41) is 0. The molecule has 0 amide bonds. The molecule has 0 aromatic carbocycles. The third kappa shape index (κ3) is 29.1. The summed E-state index contributed by atoms with van der Waals surface area (Å²) in [6.07, 6.45) is 51.8. The minimum Gasteiger partial charge on any atom is -0.347 e. The summed E-state index contributed by atoms with van der Waals surface area (Å²) >= 11 is 0. The van der Waals surface area contributed by atoms with Gasteiger partial charge in [-0.2, -0.15) is 0 Å². The van der Waals surface area contributed by atoms with Crippen LogP contribution in [-0.2, 0) is 9.47 Å². The first-order chi connectivity index (χ1) is 24.0. The highest BCUT2D eigenvalue weighted by molar-refractivity contribution is 5.02. The van der Waals surface area contributed by atoms with Crippen LogP contribution in [0.25, 0.3) is 0 Å². The van der Waals surface area contributed by atoms with Gasteiger partial charge in [-0.05, 0) is 98.2 Å². The zero-order chi connectivity index (χ0) is 35.5. The first-order valence-corrected chi connectivity index (χ1v) is 21.3. The predicted molar refractivity (Wildman–Crippen MR) is 218 cm³/mol. The van der Waals surface area contributed by atoms with Gasteiger partial charge >= 0.3 is 0 Å². The maximum atomic E-state index is 6.78. The summed E-state index contributed by atoms with van der Waals surface area (Å²) in [6.45, 7) is 8.59. The maximum Gasteiger partial charge on any atom is 0.168 e. The average molecular weight is 685 g/mol. The number of rotatable bonds is 35. The van der Waals surface area contributed by atoms with Gasteiger partial charge in [0, 0.05) is 32.5 Å². The molecule has 0 aromatic rings. The van der Waals surface area contributed by atoms with Gasteiger partial charge in [-0.3, -0.25) is 0 Å². The average Bonchev–Trinajstić information content (AvgIpc) is 3.50. The molecule has 0 aromatic heterocycles. The first kappa shape index (κ1) is 45.8. The van der Waals surface area contributed by atoms with Crippen LogP contribution in [0.3, 0.4) is 0 Å². The number of unbranched alkanes of at least 4 members (excludes halogenated alkanes) is 18. The lowest BCUT2D eigenvalue weighted by atomic mass is 9.98. The van der Waals surface area contributed by atoms with E-state index in [0.29, 0.717) is 0 Å². The van der Waals surface area contributed by atoms with Crippen molar-refractivity contribution in [2.45, 2.75) is 193 Å². The number of ether oxygens (including phenoxy) is 2. The number of likely N-dealkylation sites (N-methyl/N-ethyl adjacent to an activating group) is 2. The summed E-state index contributed by atoms with van der Waals surface area (Å²) in [5.74, 6) is -0.336. The summed E-state index contributed by atoms with van der Waals surface area (Å²) < 4.78 is 13.3. The van der Waals surface area contributed by atoms with E-state index in [-0.39, 0.29) is 11.9 Å². The molecule has 2 atom stereocenters. The molecule has 1 heterocycles. The molecule has 49 heavy (non-hydrogen) atoms. The van der Waals surface area contributed by atoms with Gasteiger partial charge in [0.1, 0.15) is 0 Å². The SMILES string of the molecule is CCCCC/C=C\C/C=C\CCCCCCCCC1(CCCCCCCC/C=C\C=C\CCCCC)OCC(CCN(C)CCN(C)C)O1. The van der Waals surface area contributed by atoms with E-state index in [2.05, 4.69) is 93.4 Å². The van der Waals surface area contributed by atoms with Crippen molar-refractivity contribution in [1.29, 1.82) is 0 Å². The van der Waals surface area contributed by atoms with Crippen molar-refractivity contribution in [3.05, 3.63) is 48.6 Å². The second-order valence-corrected chi connectivity index (χ2v) is 15.2. The van der Waals surface area contributed by atoms with Gasteiger partial charge in [-0.1, -0.05) is 140 Å². The van der Waals surface area contributed by atoms with Crippen molar-refractivity contribution >= 4 is 0 Å². The van der Waals surface area contributed by atoms with E-state index < -0.39 is 0 Å². The van der Waals surface area contributed by atoms with Gasteiger partial charge in [0.05, 0.1) is 12.7 Å². The lowest BCUT2D eigenvalue weighted by molar-refractivity contribution is -0.180. The second-order valence-electron chi connectivity index (χ2n) is 15.2. The molecule has 4 nitrogen and oxygen atoms in total. The van der Waals surface area contributed by atoms with Gasteiger partial charge in [0.15, 0.2) is 5.79 Å². The van der Waals surface area contributed by atoms with Crippen molar-refractivity contribution in [3.63, 3.8) is 0 Å². The highest BCUT2D eigenvalue weighted by atomic mass is 16.7. The lowest BCUT2D eigenvalue weighted by Crippen LogP contribution is -2.33. The summed E-state index contributed by atoms with van der Waals surface area (Å²) in [7, 11) is 6.54. The number of nitrogens with zero attached hydrogens (tertiary/aromatic N) is 2. The Labute approximate surface area is 307 Å². The number of hydrogen-bond donors (Lipinski definition) is 0. The fourth-order valence-electron chi connectivity index (χ4n) is 6.60. The van der Waals surface area contributed by atoms with Crippen molar-refractivity contribution in [1.82, 2.24) is 9.80 Å². The molecular weight excluding hydrogens is 601 g/mol. The normalized spacial score (nSPS) is 18.7. The molecule has 1 fully saturated rings. The maximum absolute atomic E-state index is 6.78. The summed E-state index contributed by atoms with van der Waals surface area (Å²) in [5.41, 5.74) is 0. The Hall–Kier alpha value is -1.20. The molecule has 0 aliphatic carbocycles. The van der Waals surface area contributed by atoms with Crippen LogP contribution in [0.15, 0.2) is 48.6 Å². The molecule has 286 valence electrons. The van der Waals surface area contributed by atoms with Crippen LogP contribution in [0.4, 0.5) is 0 Å². The zero-order valence-electron chi connectivity index (χ0n) is 33.6. The Balaban J connectivity index is 2.29. The number of hydrogen-bond acceptors (Lipinski definition) is 4. The van der Waals surface area contributed by atoms with E-state index in [4.69, 9.17) is 9.47 Å². The van der Waals surface area contributed by atoms with Crippen LogP contribution in [0, 0.1) is 0 Å². The van der Waals surface area contributed by atoms with E-state index in [1.807, 2.05) is 0 Å². The molecule has 0 radical (unpaired) electrons. The third-order valence-corrected chi connectivity index (χ3v) is 9.97. The molecule has 1 aliphatic rings. The van der Waals surface area contributed by atoms with Crippen LogP contribution >= 0.6 is 0 Å². The zero-order valence-corrected chi connectivity index (χ0v) is 33.6. The Morgan fingerprint density at radius 3 is 1.51 bits per heavy atom. The van der Waals surface area contributed by atoms with Crippen LogP contribution in [0.1, 0.15) is 181 Å². The molecular formula is C45H84N2O2. The van der Waals surface area contributed by atoms with E-state index in [0.717, 1.165) is 51.9 Å². The summed E-state index contributed by atoms with van der Waals surface area (Å²) in [4.78, 5) is 4.70. The lowest BCUT2D eigenvalue weighted by Gasteiger charge is -2.29. The third-order valence-electron chi connectivity index (χ3n) is 9.97. The van der Waals surface area contributed by atoms with Crippen LogP contribution in [-0.4, -0.2) is 69.1 Å². The van der Waals surface area contributed by atoms with Crippen molar-refractivity contribution in [2.75, 3.05) is 47.4 Å². The van der Waals surface area contributed by atoms with Crippen LogP contribution in [0.5, 0.6) is 0 Å². The van der Waals surface area contributed by atoms with Gasteiger partial charge in [0.2, 0.25) is 0 Å². The fourth-order valence-corrected chi connectivity index (χ4v) is 6.60. The van der Waals surface area contributed by atoms with Gasteiger partial charge in [0.25, 0.3) is 0 Å². The van der Waals surface area contributed by atoms with Gasteiger partial charge in [-0.15, -0.1) is 0 Å². The molecule has 0 bridgehead atoms. The molecule has 4 heteroatoms. The first-order valence-electron chi connectivity index (χ1n) is 21.3. The fraction of sp³-hybridized carbons (Fsp3) is 0.822. The van der Waals surface area contributed by atoms with E-state index in [1.165, 1.54) is 141 Å². The number of allylic oxidation sites excluding steroid dienone is 8. The minimum absolute atomic E-state index is 0.241. The van der Waals surface area contributed by atoms with E-state index >= 15 is 0 Å². The van der Waals surface area contributed by atoms with E-state index in [1.54, 1.807) is 0 Å². The van der Waals surface area contributed by atoms with Crippen molar-refractivity contribution in [3.8, 4) is 0 Å². The second kappa shape index (κ2) is 33.9. The van der Waals surface area contributed by atoms with E-state index in [9.17, 15) is 0 Å².